The monoisotopic (exact) mass is 1630 g/mol. The van der Waals surface area contributed by atoms with Gasteiger partial charge in [0.05, 0.1) is 44.1 Å². The van der Waals surface area contributed by atoms with E-state index in [1.165, 1.54) is 261 Å². The normalized spacial score (nSPS) is 11.9. The molecule has 0 aliphatic carbocycles. The van der Waals surface area contributed by atoms with Crippen molar-refractivity contribution in [3.63, 3.8) is 0 Å². The zero-order valence-electron chi connectivity index (χ0n) is 71.4. The molecule has 4 heteroatoms. The van der Waals surface area contributed by atoms with Gasteiger partial charge in [-0.05, 0) is 254 Å². The number of nitrogens with zero attached hydrogens (tertiary/aromatic N) is 4. The van der Waals surface area contributed by atoms with E-state index in [0.717, 1.165) is 0 Å². The first kappa shape index (κ1) is 74.2. The first-order valence-electron chi connectivity index (χ1n) is 44.5. The number of benzene rings is 24. The Morgan fingerprint density at radius 2 is 0.336 bits per heavy atom. The Bertz CT molecular complexity index is 9310. The maximum Gasteiger partial charge on any atom is 0.0625 e. The molecule has 4 aromatic heterocycles. The number of hydrogen-bond donors (Lipinski definition) is 0. The SMILES string of the molecule is Cc1ccc(-n2c3ccccc3c3cc4c5ccccc5c5ccccc5c4cc32)cc1.Cc1ccc(-n2c3ccccc3c3ccc4c5ccccc5c5ccccc5c4c32)cc1.Cc1cccc(-n2c3ccccc3c3cc4c5ccccc5c5ccccc5c4cc32)c1.Cc1cccc(-n2c3ccccc3c3ccc4c5ccccc5c5ccccc5c4c32)c1. The molecule has 24 aromatic carbocycles. The quantitative estimate of drug-likeness (QED) is 0.157. The fourth-order valence-corrected chi connectivity index (χ4v) is 21.6. The van der Waals surface area contributed by atoms with Gasteiger partial charge in [0.1, 0.15) is 0 Å². The third-order valence-electron chi connectivity index (χ3n) is 27.3. The Hall–Kier alpha value is -16.4. The van der Waals surface area contributed by atoms with Crippen LogP contribution in [0.4, 0.5) is 0 Å². The van der Waals surface area contributed by atoms with Gasteiger partial charge in [-0.15, -0.1) is 0 Å². The van der Waals surface area contributed by atoms with Gasteiger partial charge in [-0.3, -0.25) is 0 Å². The van der Waals surface area contributed by atoms with Gasteiger partial charge in [-0.25, -0.2) is 0 Å². The standard InChI is InChI=1S/4C31H21N/c1-20-9-8-10-21(17-20)32-30-16-7-6-15-26(30)29-18-27-24-13-4-2-11-22(24)23-12-3-5-14-25(23)28(27)19-31(29)32;1-20-14-16-21(17-15-20)32-30-13-7-6-12-26(30)29-18-27-24-10-4-2-8-22(24)23-9-3-5-11-25(23)28(27)19-31(29)32;1-20-9-8-10-21(19-20)32-29-16-7-6-14-25(29)28-18-17-27-24-13-3-2-11-22(24)23-12-4-5-15-26(23)30(27)31(28)32;1-20-14-16-21(17-15-20)32-29-13-7-6-11-25(29)28-19-18-27-24-10-3-2-8-22(24)23-9-4-5-12-26(23)30(27)31(28)32/h4*2-19H,1H3. The summed E-state index contributed by atoms with van der Waals surface area (Å²) in [7, 11) is 0. The molecular formula is C124H84N4. The summed E-state index contributed by atoms with van der Waals surface area (Å²) in [6, 6.07) is 160. The van der Waals surface area contributed by atoms with Crippen molar-refractivity contribution in [3.05, 3.63) is 459 Å². The summed E-state index contributed by atoms with van der Waals surface area (Å²) in [6.45, 7) is 8.61. The lowest BCUT2D eigenvalue weighted by molar-refractivity contribution is 1.17. The van der Waals surface area contributed by atoms with Gasteiger partial charge in [-0.1, -0.05) is 351 Å². The number of rotatable bonds is 4. The highest BCUT2D eigenvalue weighted by molar-refractivity contribution is 6.37. The van der Waals surface area contributed by atoms with Crippen molar-refractivity contribution in [3.8, 4) is 22.7 Å². The van der Waals surface area contributed by atoms with Crippen molar-refractivity contribution >= 4 is 216 Å². The van der Waals surface area contributed by atoms with E-state index in [4.69, 9.17) is 0 Å². The first-order valence-corrected chi connectivity index (χ1v) is 44.5. The predicted molar refractivity (Wildman–Crippen MR) is 552 cm³/mol. The Morgan fingerprint density at radius 1 is 0.117 bits per heavy atom. The molecule has 600 valence electrons. The number of fused-ring (bicyclic) bond motifs is 38. The molecule has 0 saturated heterocycles. The Morgan fingerprint density at radius 3 is 0.656 bits per heavy atom. The molecule has 4 nitrogen and oxygen atoms in total. The van der Waals surface area contributed by atoms with Crippen LogP contribution in [-0.4, -0.2) is 18.3 Å². The summed E-state index contributed by atoms with van der Waals surface area (Å²) in [5.41, 5.74) is 20.0. The van der Waals surface area contributed by atoms with E-state index in [0.29, 0.717) is 0 Å². The summed E-state index contributed by atoms with van der Waals surface area (Å²) in [5, 5.41) is 41.9. The summed E-state index contributed by atoms with van der Waals surface area (Å²) < 4.78 is 9.74. The minimum Gasteiger partial charge on any atom is -0.309 e. The minimum atomic E-state index is 1.20. The third kappa shape index (κ3) is 11.6. The highest BCUT2D eigenvalue weighted by Gasteiger charge is 2.24. The molecule has 0 bridgehead atoms. The van der Waals surface area contributed by atoms with E-state index in [9.17, 15) is 0 Å². The highest BCUT2D eigenvalue weighted by Crippen LogP contribution is 2.49. The lowest BCUT2D eigenvalue weighted by Gasteiger charge is -2.14. The molecule has 28 rings (SSSR count). The summed E-state index contributed by atoms with van der Waals surface area (Å²) >= 11 is 0. The second-order valence-electron chi connectivity index (χ2n) is 34.7. The first-order chi connectivity index (χ1) is 63.2. The molecule has 0 unspecified atom stereocenters. The smallest absolute Gasteiger partial charge is 0.0625 e. The molecule has 0 spiro atoms. The zero-order chi connectivity index (χ0) is 84.9. The van der Waals surface area contributed by atoms with Gasteiger partial charge >= 0.3 is 0 Å². The van der Waals surface area contributed by atoms with Crippen LogP contribution in [0.3, 0.4) is 0 Å². The van der Waals surface area contributed by atoms with Gasteiger partial charge in [0.15, 0.2) is 0 Å². The van der Waals surface area contributed by atoms with Crippen LogP contribution < -0.4 is 0 Å². The van der Waals surface area contributed by atoms with Crippen molar-refractivity contribution in [2.45, 2.75) is 27.7 Å². The molecular weight excluding hydrogens is 1550 g/mol. The molecule has 0 saturated carbocycles. The molecule has 0 fully saturated rings. The van der Waals surface area contributed by atoms with Crippen LogP contribution in [0.5, 0.6) is 0 Å². The van der Waals surface area contributed by atoms with Crippen LogP contribution in [-0.2, 0) is 0 Å². The zero-order valence-corrected chi connectivity index (χ0v) is 71.4. The lowest BCUT2D eigenvalue weighted by atomic mass is 9.93. The fourth-order valence-electron chi connectivity index (χ4n) is 21.6. The van der Waals surface area contributed by atoms with E-state index >= 15 is 0 Å². The third-order valence-corrected chi connectivity index (χ3v) is 27.3. The molecule has 0 radical (unpaired) electrons. The maximum atomic E-state index is 2.46. The average Bonchev–Trinajstić information content (AvgIpc) is 1.52. The van der Waals surface area contributed by atoms with Crippen LogP contribution in [0.25, 0.3) is 239 Å². The molecule has 0 atom stereocenters. The molecule has 4 heterocycles. The van der Waals surface area contributed by atoms with E-state index in [1.807, 2.05) is 0 Å². The summed E-state index contributed by atoms with van der Waals surface area (Å²) in [6.07, 6.45) is 0. The van der Waals surface area contributed by atoms with E-state index in [2.05, 4.69) is 483 Å². The number of para-hydroxylation sites is 4. The van der Waals surface area contributed by atoms with Gasteiger partial charge in [-0.2, -0.15) is 0 Å². The van der Waals surface area contributed by atoms with Crippen LogP contribution in [0, 0.1) is 27.7 Å². The molecule has 0 aliphatic rings. The van der Waals surface area contributed by atoms with Crippen molar-refractivity contribution in [2.24, 2.45) is 0 Å². The van der Waals surface area contributed by atoms with Crippen LogP contribution >= 0.6 is 0 Å². The molecule has 0 aliphatic heterocycles. The number of hydrogen-bond acceptors (Lipinski definition) is 0. The molecule has 28 aromatic rings. The summed E-state index contributed by atoms with van der Waals surface area (Å²) in [5.74, 6) is 0. The Kier molecular flexibility index (Phi) is 17.2. The van der Waals surface area contributed by atoms with Crippen molar-refractivity contribution in [1.82, 2.24) is 18.3 Å². The van der Waals surface area contributed by atoms with Gasteiger partial charge in [0, 0.05) is 76.6 Å². The van der Waals surface area contributed by atoms with Gasteiger partial charge in [0.25, 0.3) is 0 Å². The fraction of sp³-hybridized carbons (Fsp3) is 0.0323. The Balaban J connectivity index is 0.0000000926. The largest absolute Gasteiger partial charge is 0.309 e. The van der Waals surface area contributed by atoms with Crippen LogP contribution in [0.15, 0.2) is 437 Å². The topological polar surface area (TPSA) is 19.7 Å². The lowest BCUT2D eigenvalue weighted by Crippen LogP contribution is -1.95. The van der Waals surface area contributed by atoms with E-state index in [1.54, 1.807) is 0 Å². The number of aromatic nitrogens is 4. The van der Waals surface area contributed by atoms with Gasteiger partial charge < -0.3 is 18.3 Å². The van der Waals surface area contributed by atoms with Crippen LogP contribution in [0.2, 0.25) is 0 Å². The van der Waals surface area contributed by atoms with Crippen molar-refractivity contribution < 1.29 is 0 Å². The molecule has 0 N–H and O–H groups in total. The van der Waals surface area contributed by atoms with E-state index in [-0.39, 0.29) is 0 Å². The second-order valence-corrected chi connectivity index (χ2v) is 34.7. The second kappa shape index (κ2) is 29.7. The average molecular weight is 1630 g/mol. The maximum absolute atomic E-state index is 2.46. The van der Waals surface area contributed by atoms with Crippen LogP contribution in [0.1, 0.15) is 22.3 Å². The molecule has 0 amide bonds. The minimum absolute atomic E-state index is 1.20. The summed E-state index contributed by atoms with van der Waals surface area (Å²) in [4.78, 5) is 0. The van der Waals surface area contributed by atoms with Gasteiger partial charge in [0.2, 0.25) is 0 Å². The van der Waals surface area contributed by atoms with Crippen molar-refractivity contribution in [2.75, 3.05) is 0 Å². The predicted octanol–water partition coefficient (Wildman–Crippen LogP) is 34.2. The van der Waals surface area contributed by atoms with E-state index < -0.39 is 0 Å². The number of aryl methyl sites for hydroxylation is 4. The van der Waals surface area contributed by atoms with Crippen molar-refractivity contribution in [1.29, 1.82) is 0 Å². The Labute approximate surface area is 739 Å². The molecule has 128 heavy (non-hydrogen) atoms. The highest BCUT2D eigenvalue weighted by atomic mass is 15.0.